The summed E-state index contributed by atoms with van der Waals surface area (Å²) in [4.78, 5) is 54.0. The smallest absolute Gasteiger partial charge is 0.397 e. The molecule has 50 heavy (non-hydrogen) atoms. The van der Waals surface area contributed by atoms with Gasteiger partial charge in [0.2, 0.25) is 0 Å². The SMILES string of the molecule is C/C1=C\[C@@H](C)C([C@@H](C)OC(=O)C(=O)NCc2c(F)cccc2F)OC(=O)CCC2C=CC3C(C4[C@H]3[C@H](OC(=O)c3ccc[nH]3)[C@H](C)[C@H]4O)[C@]12O. The van der Waals surface area contributed by atoms with Crippen molar-refractivity contribution in [3.8, 4) is 0 Å². The van der Waals surface area contributed by atoms with Crippen molar-refractivity contribution in [2.45, 2.75) is 77.1 Å². The van der Waals surface area contributed by atoms with Gasteiger partial charge in [-0.05, 0) is 61.9 Å². The Morgan fingerprint density at radius 3 is 2.52 bits per heavy atom. The minimum atomic E-state index is -1.46. The van der Waals surface area contributed by atoms with Gasteiger partial charge in [0.15, 0.2) is 0 Å². The summed E-state index contributed by atoms with van der Waals surface area (Å²) in [5.74, 6) is -8.13. The van der Waals surface area contributed by atoms with E-state index < -0.39 is 95.3 Å². The number of hydrogen-bond acceptors (Lipinski definition) is 9. The quantitative estimate of drug-likeness (QED) is 0.152. The molecule has 268 valence electrons. The number of aliphatic hydroxyl groups excluding tert-OH is 1. The van der Waals surface area contributed by atoms with Gasteiger partial charge in [0.25, 0.3) is 0 Å². The Labute approximate surface area is 288 Å². The van der Waals surface area contributed by atoms with Gasteiger partial charge in [-0.3, -0.25) is 9.59 Å². The van der Waals surface area contributed by atoms with Gasteiger partial charge in [0.1, 0.15) is 35.6 Å². The normalized spacial score (nSPS) is 36.2. The number of halogens is 2. The molecule has 0 saturated heterocycles. The highest BCUT2D eigenvalue weighted by Crippen LogP contribution is 2.66. The molecular formula is C37H42F2N2O9. The first-order valence-corrected chi connectivity index (χ1v) is 17.0. The summed E-state index contributed by atoms with van der Waals surface area (Å²) in [5.41, 5.74) is -0.981. The average molecular weight is 697 g/mol. The van der Waals surface area contributed by atoms with Gasteiger partial charge in [-0.1, -0.05) is 38.1 Å². The van der Waals surface area contributed by atoms with Gasteiger partial charge in [-0.2, -0.15) is 0 Å². The Kier molecular flexibility index (Phi) is 9.75. The summed E-state index contributed by atoms with van der Waals surface area (Å²) in [6, 6.07) is 6.54. The molecule has 0 spiro atoms. The van der Waals surface area contributed by atoms with Crippen LogP contribution in [0.25, 0.3) is 0 Å². The van der Waals surface area contributed by atoms with Crippen LogP contribution in [0.15, 0.2) is 60.3 Å². The number of allylic oxidation sites excluding steroid dienone is 1. The van der Waals surface area contributed by atoms with Crippen LogP contribution >= 0.6 is 0 Å². The Bertz CT molecular complexity index is 1690. The molecular weight excluding hydrogens is 654 g/mol. The van der Waals surface area contributed by atoms with E-state index in [9.17, 15) is 38.2 Å². The van der Waals surface area contributed by atoms with E-state index in [0.29, 0.717) is 11.3 Å². The van der Waals surface area contributed by atoms with Crippen LogP contribution in [0, 0.1) is 53.1 Å². The predicted octanol–water partition coefficient (Wildman–Crippen LogP) is 3.76. The summed E-state index contributed by atoms with van der Waals surface area (Å²) in [7, 11) is 0. The van der Waals surface area contributed by atoms with Gasteiger partial charge in [0, 0.05) is 54.3 Å². The number of nitrogens with one attached hydrogen (secondary N) is 2. The Morgan fingerprint density at radius 2 is 1.84 bits per heavy atom. The summed E-state index contributed by atoms with van der Waals surface area (Å²) >= 11 is 0. The zero-order chi connectivity index (χ0) is 36.1. The van der Waals surface area contributed by atoms with Crippen LogP contribution in [0.1, 0.15) is 56.6 Å². The van der Waals surface area contributed by atoms with Crippen molar-refractivity contribution >= 4 is 23.8 Å². The van der Waals surface area contributed by atoms with Gasteiger partial charge in [-0.15, -0.1) is 0 Å². The van der Waals surface area contributed by atoms with Crippen molar-refractivity contribution in [2.75, 3.05) is 0 Å². The van der Waals surface area contributed by atoms with E-state index in [1.54, 1.807) is 38.3 Å². The maximum absolute atomic E-state index is 14.0. The molecule has 1 aromatic carbocycles. The number of aromatic nitrogens is 1. The molecule has 12 atom stereocenters. The maximum atomic E-state index is 14.0. The van der Waals surface area contributed by atoms with E-state index in [0.717, 1.165) is 12.1 Å². The Hall–Kier alpha value is -4.36. The van der Waals surface area contributed by atoms with E-state index in [-0.39, 0.29) is 36.5 Å². The molecule has 3 aliphatic carbocycles. The van der Waals surface area contributed by atoms with Crippen molar-refractivity contribution < 1.29 is 52.4 Å². The second-order valence-corrected chi connectivity index (χ2v) is 14.1. The number of carbonyl (C=O) groups is 4. The van der Waals surface area contributed by atoms with Crippen LogP contribution in [-0.2, 0) is 35.1 Å². The second-order valence-electron chi connectivity index (χ2n) is 14.1. The molecule has 2 heterocycles. The molecule has 1 aliphatic heterocycles. The van der Waals surface area contributed by atoms with E-state index in [4.69, 9.17) is 14.2 Å². The third-order valence-corrected chi connectivity index (χ3v) is 11.3. The number of esters is 3. The Balaban J connectivity index is 1.19. The lowest BCUT2D eigenvalue weighted by Gasteiger charge is -2.61. The lowest BCUT2D eigenvalue weighted by molar-refractivity contribution is -0.180. The molecule has 11 nitrogen and oxygen atoms in total. The van der Waals surface area contributed by atoms with Gasteiger partial charge >= 0.3 is 23.8 Å². The summed E-state index contributed by atoms with van der Waals surface area (Å²) in [6.45, 7) is 6.23. The van der Waals surface area contributed by atoms with Crippen LogP contribution in [0.3, 0.4) is 0 Å². The van der Waals surface area contributed by atoms with Crippen molar-refractivity contribution in [2.24, 2.45) is 41.4 Å². The van der Waals surface area contributed by atoms with Gasteiger partial charge in [-0.25, -0.2) is 18.4 Å². The van der Waals surface area contributed by atoms with Crippen molar-refractivity contribution in [3.05, 3.63) is 83.2 Å². The molecule has 2 saturated carbocycles. The lowest BCUT2D eigenvalue weighted by atomic mass is 9.46. The molecule has 0 radical (unpaired) electrons. The number of amides is 1. The van der Waals surface area contributed by atoms with Gasteiger partial charge < -0.3 is 34.7 Å². The van der Waals surface area contributed by atoms with Crippen LogP contribution in [-0.4, -0.2) is 69.0 Å². The first-order valence-electron chi connectivity index (χ1n) is 17.0. The molecule has 4 N–H and O–H groups in total. The van der Waals surface area contributed by atoms with E-state index in [1.807, 2.05) is 19.1 Å². The molecule has 1 aromatic heterocycles. The third kappa shape index (κ3) is 6.14. The average Bonchev–Trinajstić information content (AvgIpc) is 3.67. The minimum Gasteiger partial charge on any atom is -0.458 e. The van der Waals surface area contributed by atoms with Crippen molar-refractivity contribution in [1.82, 2.24) is 10.3 Å². The minimum absolute atomic E-state index is 0.0655. The van der Waals surface area contributed by atoms with Crippen LogP contribution in [0.2, 0.25) is 0 Å². The Morgan fingerprint density at radius 1 is 1.12 bits per heavy atom. The summed E-state index contributed by atoms with van der Waals surface area (Å²) < 4.78 is 45.0. The zero-order valence-electron chi connectivity index (χ0n) is 28.2. The van der Waals surface area contributed by atoms with Crippen molar-refractivity contribution in [3.63, 3.8) is 0 Å². The number of ether oxygens (including phenoxy) is 3. The zero-order valence-corrected chi connectivity index (χ0v) is 28.2. The van der Waals surface area contributed by atoms with Crippen molar-refractivity contribution in [1.29, 1.82) is 0 Å². The maximum Gasteiger partial charge on any atom is 0.397 e. The largest absolute Gasteiger partial charge is 0.458 e. The fraction of sp³-hybridized carbons (Fsp3) is 0.514. The predicted molar refractivity (Wildman–Crippen MR) is 173 cm³/mol. The van der Waals surface area contributed by atoms with E-state index >= 15 is 0 Å². The highest BCUT2D eigenvalue weighted by molar-refractivity contribution is 6.32. The topological polar surface area (TPSA) is 164 Å². The highest BCUT2D eigenvalue weighted by Gasteiger charge is 2.70. The first-order chi connectivity index (χ1) is 23.7. The number of aliphatic hydroxyl groups is 2. The molecule has 0 bridgehead atoms. The number of fused-ring (bicyclic) bond motifs is 6. The number of rotatable bonds is 6. The number of hydrogen-bond donors (Lipinski definition) is 4. The number of benzene rings is 1. The van der Waals surface area contributed by atoms with Gasteiger partial charge in [0.05, 0.1) is 11.7 Å². The number of aromatic amines is 1. The lowest BCUT2D eigenvalue weighted by Crippen LogP contribution is -2.64. The third-order valence-electron chi connectivity index (χ3n) is 11.3. The molecule has 1 amide bonds. The molecule has 2 aromatic rings. The first kappa shape index (κ1) is 35.5. The monoisotopic (exact) mass is 696 g/mol. The molecule has 13 heteroatoms. The van der Waals surface area contributed by atoms with Crippen LogP contribution in [0.5, 0.6) is 0 Å². The van der Waals surface area contributed by atoms with Crippen LogP contribution < -0.4 is 5.32 Å². The molecule has 6 rings (SSSR count). The standard InChI is InChI=1S/C37H42F2N2O9/c1-17-15-18(2)37(47)21(10-12-22-28-29(30(22)37)31(43)19(3)33(28)50-35(45)26-9-6-14-40-26)11-13-27(42)49-32(17)20(4)48-36(46)34(44)41-16-23-24(38)7-5-8-25(23)39/h5-10,12,14-15,17,19-22,28-33,40,43,47H,11,13,16H2,1-4H3,(H,41,44)/b18-15+/t17-,19-,20-,21?,22?,28+,29?,30?,31-,32?,33-,37+/m1/s1. The molecule has 2 fully saturated rings. The fourth-order valence-corrected chi connectivity index (χ4v) is 8.78. The van der Waals surface area contributed by atoms with E-state index in [1.165, 1.54) is 13.0 Å². The molecule has 5 unspecified atom stereocenters. The second kappa shape index (κ2) is 13.7. The number of carbonyl (C=O) groups excluding carboxylic acids is 4. The van der Waals surface area contributed by atoms with E-state index in [2.05, 4.69) is 10.3 Å². The molecule has 4 aliphatic rings. The highest BCUT2D eigenvalue weighted by atomic mass is 19.1. The number of cyclic esters (lactones) is 1. The summed E-state index contributed by atoms with van der Waals surface area (Å²) in [6.07, 6.45) is 3.89. The fourth-order valence-electron chi connectivity index (χ4n) is 8.78. The summed E-state index contributed by atoms with van der Waals surface area (Å²) in [5, 5.41) is 26.3. The number of H-pyrrole nitrogens is 1. The van der Waals surface area contributed by atoms with Crippen LogP contribution in [0.4, 0.5) is 8.78 Å².